The number of imidazole rings is 1. The van der Waals surface area contributed by atoms with E-state index in [-0.39, 0.29) is 27.2 Å². The molecule has 108 valence electrons. The summed E-state index contributed by atoms with van der Waals surface area (Å²) in [5.41, 5.74) is 5.73. The molecule has 0 radical (unpaired) electrons. The van der Waals surface area contributed by atoms with Gasteiger partial charge in [0.25, 0.3) is 0 Å². The van der Waals surface area contributed by atoms with E-state index in [1.165, 1.54) is 19.2 Å². The number of aromatic amines is 1. The van der Waals surface area contributed by atoms with Gasteiger partial charge in [-0.15, -0.1) is 0 Å². The molecular weight excluding hydrogens is 323 g/mol. The molecule has 1 heterocycles. The van der Waals surface area contributed by atoms with Crippen LogP contribution in [0, 0.1) is 0 Å². The summed E-state index contributed by atoms with van der Waals surface area (Å²) in [6, 6.07) is 2.69. The number of nitrogens with two attached hydrogens (primary N) is 1. The van der Waals surface area contributed by atoms with E-state index >= 15 is 0 Å². The molecule has 0 atom stereocenters. The van der Waals surface area contributed by atoms with Crippen LogP contribution in [0.15, 0.2) is 29.4 Å². The molecule has 0 fully saturated rings. The Labute approximate surface area is 126 Å². The van der Waals surface area contributed by atoms with Crippen molar-refractivity contribution in [1.82, 2.24) is 14.3 Å². The standard InChI is InChI=1S/C11H12Cl2N4O2S/c1-17(6-10-15-2-3-16-10)20(18,19)11-8(13)4-7(12)5-9(11)14/h2-5H,6,14H2,1H3,(H,15,16). The summed E-state index contributed by atoms with van der Waals surface area (Å²) in [4.78, 5) is 6.65. The summed E-state index contributed by atoms with van der Waals surface area (Å²) in [6.45, 7) is 0.0771. The second-order valence-electron chi connectivity index (χ2n) is 4.10. The van der Waals surface area contributed by atoms with Gasteiger partial charge in [0.15, 0.2) is 0 Å². The maximum Gasteiger partial charge on any atom is 0.246 e. The third-order valence-corrected chi connectivity index (χ3v) is 5.18. The van der Waals surface area contributed by atoms with Gasteiger partial charge >= 0.3 is 0 Å². The van der Waals surface area contributed by atoms with Crippen LogP contribution in [0.4, 0.5) is 5.69 Å². The number of anilines is 1. The van der Waals surface area contributed by atoms with E-state index in [2.05, 4.69) is 9.97 Å². The van der Waals surface area contributed by atoms with Crippen LogP contribution in [-0.4, -0.2) is 29.7 Å². The average molecular weight is 335 g/mol. The highest BCUT2D eigenvalue weighted by Crippen LogP contribution is 2.33. The molecule has 2 rings (SSSR count). The third-order valence-electron chi connectivity index (χ3n) is 2.63. The average Bonchev–Trinajstić information content (AvgIpc) is 2.79. The molecule has 2 aromatic rings. The molecule has 0 bridgehead atoms. The van der Waals surface area contributed by atoms with E-state index < -0.39 is 10.0 Å². The van der Waals surface area contributed by atoms with E-state index in [0.29, 0.717) is 5.82 Å². The summed E-state index contributed by atoms with van der Waals surface area (Å²) in [6.07, 6.45) is 3.15. The zero-order valence-corrected chi connectivity index (χ0v) is 12.8. The van der Waals surface area contributed by atoms with E-state index in [9.17, 15) is 8.42 Å². The predicted molar refractivity (Wildman–Crippen MR) is 78.1 cm³/mol. The van der Waals surface area contributed by atoms with Gasteiger partial charge in [-0.25, -0.2) is 13.4 Å². The van der Waals surface area contributed by atoms with Crippen molar-refractivity contribution in [2.75, 3.05) is 12.8 Å². The molecule has 1 aromatic carbocycles. The molecule has 6 nitrogen and oxygen atoms in total. The Bertz CT molecular complexity index is 693. The van der Waals surface area contributed by atoms with Gasteiger partial charge in [-0.3, -0.25) is 0 Å². The number of hydrogen-bond donors (Lipinski definition) is 2. The van der Waals surface area contributed by atoms with Crippen LogP contribution >= 0.6 is 23.2 Å². The topological polar surface area (TPSA) is 92.1 Å². The van der Waals surface area contributed by atoms with Crippen LogP contribution < -0.4 is 5.73 Å². The molecule has 0 saturated heterocycles. The molecule has 0 unspecified atom stereocenters. The summed E-state index contributed by atoms with van der Waals surface area (Å²) >= 11 is 11.7. The fraction of sp³-hybridized carbons (Fsp3) is 0.182. The van der Waals surface area contributed by atoms with Gasteiger partial charge in [-0.2, -0.15) is 4.31 Å². The quantitative estimate of drug-likeness (QED) is 0.837. The van der Waals surface area contributed by atoms with Crippen molar-refractivity contribution in [1.29, 1.82) is 0 Å². The van der Waals surface area contributed by atoms with Gasteiger partial charge in [0, 0.05) is 24.5 Å². The minimum Gasteiger partial charge on any atom is -0.398 e. The van der Waals surface area contributed by atoms with Crippen molar-refractivity contribution < 1.29 is 8.42 Å². The Balaban J connectivity index is 2.40. The molecule has 9 heteroatoms. The van der Waals surface area contributed by atoms with Crippen molar-refractivity contribution in [3.05, 3.63) is 40.4 Å². The molecule has 20 heavy (non-hydrogen) atoms. The Hall–Kier alpha value is -1.28. The molecule has 0 spiro atoms. The van der Waals surface area contributed by atoms with Gasteiger partial charge in [0.05, 0.1) is 17.3 Å². The minimum absolute atomic E-state index is 0.00814. The van der Waals surface area contributed by atoms with Crippen molar-refractivity contribution in [2.45, 2.75) is 11.4 Å². The fourth-order valence-corrected chi connectivity index (χ4v) is 3.76. The van der Waals surface area contributed by atoms with Crippen LogP contribution in [0.3, 0.4) is 0 Å². The zero-order chi connectivity index (χ0) is 14.9. The van der Waals surface area contributed by atoms with Gasteiger partial charge in [-0.1, -0.05) is 23.2 Å². The number of aromatic nitrogens is 2. The van der Waals surface area contributed by atoms with E-state index in [4.69, 9.17) is 28.9 Å². The zero-order valence-electron chi connectivity index (χ0n) is 10.5. The van der Waals surface area contributed by atoms with Crippen LogP contribution in [0.25, 0.3) is 0 Å². The van der Waals surface area contributed by atoms with Crippen molar-refractivity contribution in [3.63, 3.8) is 0 Å². The smallest absolute Gasteiger partial charge is 0.246 e. The number of halogens is 2. The first kappa shape index (κ1) is 15.1. The van der Waals surface area contributed by atoms with Crippen molar-refractivity contribution >= 4 is 38.9 Å². The summed E-state index contributed by atoms with van der Waals surface area (Å²) in [7, 11) is -2.42. The SMILES string of the molecule is CN(Cc1ncc[nH]1)S(=O)(=O)c1c(N)cc(Cl)cc1Cl. The maximum atomic E-state index is 12.5. The second-order valence-corrected chi connectivity index (χ2v) is 6.93. The van der Waals surface area contributed by atoms with Crippen LogP contribution in [0.5, 0.6) is 0 Å². The normalized spacial score (nSPS) is 12.0. The largest absolute Gasteiger partial charge is 0.398 e. The third kappa shape index (κ3) is 2.90. The van der Waals surface area contributed by atoms with Crippen molar-refractivity contribution in [3.8, 4) is 0 Å². The van der Waals surface area contributed by atoms with E-state index in [0.717, 1.165) is 4.31 Å². The Morgan fingerprint density at radius 1 is 1.40 bits per heavy atom. The van der Waals surface area contributed by atoms with Crippen LogP contribution in [0.2, 0.25) is 10.0 Å². The lowest BCUT2D eigenvalue weighted by atomic mass is 10.3. The first-order valence-electron chi connectivity index (χ1n) is 5.51. The lowest BCUT2D eigenvalue weighted by molar-refractivity contribution is 0.458. The number of hydrogen-bond acceptors (Lipinski definition) is 4. The predicted octanol–water partition coefficient (Wildman–Crippen LogP) is 2.12. The minimum atomic E-state index is -3.84. The Kier molecular flexibility index (Phi) is 4.24. The number of sulfonamides is 1. The number of rotatable bonds is 4. The van der Waals surface area contributed by atoms with Gasteiger partial charge in [-0.05, 0) is 12.1 Å². The monoisotopic (exact) mass is 334 g/mol. The second kappa shape index (κ2) is 5.61. The van der Waals surface area contributed by atoms with Crippen LogP contribution in [-0.2, 0) is 16.6 Å². The van der Waals surface area contributed by atoms with E-state index in [1.54, 1.807) is 12.4 Å². The summed E-state index contributed by atoms with van der Waals surface area (Å²) in [5, 5.41) is 0.265. The highest BCUT2D eigenvalue weighted by molar-refractivity contribution is 7.89. The molecule has 0 amide bonds. The number of nitrogens with one attached hydrogen (secondary N) is 1. The molecular formula is C11H12Cl2N4O2S. The Morgan fingerprint density at radius 2 is 2.10 bits per heavy atom. The number of nitrogen functional groups attached to an aromatic ring is 1. The number of nitrogens with zero attached hydrogens (tertiary/aromatic N) is 2. The summed E-state index contributed by atoms with van der Waals surface area (Å²) in [5.74, 6) is 0.514. The molecule has 0 aliphatic rings. The first-order valence-corrected chi connectivity index (χ1v) is 7.71. The lowest BCUT2D eigenvalue weighted by Gasteiger charge is -2.18. The fourth-order valence-electron chi connectivity index (χ4n) is 1.69. The maximum absolute atomic E-state index is 12.5. The molecule has 0 aliphatic carbocycles. The molecule has 0 aliphatic heterocycles. The Morgan fingerprint density at radius 3 is 2.65 bits per heavy atom. The number of benzene rings is 1. The van der Waals surface area contributed by atoms with Gasteiger partial charge < -0.3 is 10.7 Å². The number of H-pyrrole nitrogens is 1. The van der Waals surface area contributed by atoms with Gasteiger partial charge in [0.1, 0.15) is 10.7 Å². The summed E-state index contributed by atoms with van der Waals surface area (Å²) < 4.78 is 26.1. The molecule has 0 saturated carbocycles. The van der Waals surface area contributed by atoms with Crippen LogP contribution in [0.1, 0.15) is 5.82 Å². The van der Waals surface area contributed by atoms with Gasteiger partial charge in [0.2, 0.25) is 10.0 Å². The molecule has 1 aromatic heterocycles. The van der Waals surface area contributed by atoms with Crippen molar-refractivity contribution in [2.24, 2.45) is 0 Å². The first-order chi connectivity index (χ1) is 9.32. The molecule has 3 N–H and O–H groups in total. The highest BCUT2D eigenvalue weighted by atomic mass is 35.5. The van der Waals surface area contributed by atoms with E-state index in [1.807, 2.05) is 0 Å². The highest BCUT2D eigenvalue weighted by Gasteiger charge is 2.27. The lowest BCUT2D eigenvalue weighted by Crippen LogP contribution is -2.28.